The zero-order valence-corrected chi connectivity index (χ0v) is 29.8. The molecule has 9 rings (SSSR count). The molecule has 0 fully saturated rings. The van der Waals surface area contributed by atoms with Crippen LogP contribution in [-0.4, -0.2) is 25.1 Å². The van der Waals surface area contributed by atoms with Crippen molar-refractivity contribution < 1.29 is 4.79 Å². The van der Waals surface area contributed by atoms with E-state index in [4.69, 9.17) is 9.97 Å². The van der Waals surface area contributed by atoms with Gasteiger partial charge in [-0.2, -0.15) is 0 Å². The van der Waals surface area contributed by atoms with Crippen LogP contribution in [0.15, 0.2) is 140 Å². The molecule has 5 heterocycles. The van der Waals surface area contributed by atoms with Crippen molar-refractivity contribution in [3.8, 4) is 44.5 Å². The Kier molecular flexibility index (Phi) is 8.50. The highest BCUT2D eigenvalue weighted by molar-refractivity contribution is 8.12. The Morgan fingerprint density at radius 2 is 0.830 bits per heavy atom. The number of hydrogen-bond acceptors (Lipinski definition) is 4. The van der Waals surface area contributed by atoms with Crippen molar-refractivity contribution in [3.63, 3.8) is 0 Å². The molecule has 5 nitrogen and oxygen atoms in total. The quantitative estimate of drug-likeness (QED) is 0.181. The first-order valence-corrected chi connectivity index (χ1v) is 18.6. The molecule has 0 aliphatic carbocycles. The van der Waals surface area contributed by atoms with Crippen molar-refractivity contribution in [3.05, 3.63) is 168 Å². The number of carbonyl (C=O) groups excluding carboxylic acids is 1. The van der Waals surface area contributed by atoms with Crippen LogP contribution in [0.3, 0.4) is 0 Å². The van der Waals surface area contributed by atoms with Gasteiger partial charge in [0.25, 0.3) is 0 Å². The lowest BCUT2D eigenvalue weighted by molar-refractivity contribution is -0.109. The molecule has 2 aliphatic heterocycles. The van der Waals surface area contributed by atoms with E-state index in [1.807, 2.05) is 24.3 Å². The number of benzene rings is 4. The summed E-state index contributed by atoms with van der Waals surface area (Å²) in [5.74, 6) is 0.560. The lowest BCUT2D eigenvalue weighted by atomic mass is 9.99. The summed E-state index contributed by atoms with van der Waals surface area (Å²) >= 11 is 1.32. The molecule has 2 aliphatic rings. The predicted molar refractivity (Wildman–Crippen MR) is 223 cm³/mol. The minimum atomic E-state index is 0.0856. The van der Waals surface area contributed by atoms with Gasteiger partial charge in [-0.3, -0.25) is 4.79 Å². The molecule has 0 saturated heterocycles. The summed E-state index contributed by atoms with van der Waals surface area (Å²) in [4.78, 5) is 30.5. The van der Waals surface area contributed by atoms with Crippen LogP contribution in [0.25, 0.3) is 90.9 Å². The van der Waals surface area contributed by atoms with Crippen LogP contribution < -0.4 is 0 Å². The third kappa shape index (κ3) is 6.24. The van der Waals surface area contributed by atoms with Gasteiger partial charge in [-0.15, -0.1) is 0 Å². The Hall–Kier alpha value is -6.50. The standard InChI is InChI=1S/C47H34N4OS/c1-30(52)53-29-34-19-11-12-20-35(34)47-42-27-25-40(50-42)45(32-15-7-3-8-16-32)38-23-21-36(48-38)44(31-13-5-2-6-14-31)37-22-24-39(49-37)46(33-17-9-4-10-18-33)41-26-28-43(47)51-41/h2-28,48,51H,29H2,1H3. The van der Waals surface area contributed by atoms with Gasteiger partial charge in [-0.05, 0) is 76.4 Å². The zero-order valence-electron chi connectivity index (χ0n) is 29.0. The van der Waals surface area contributed by atoms with E-state index in [0.717, 1.165) is 94.9 Å². The van der Waals surface area contributed by atoms with Crippen molar-refractivity contribution in [1.29, 1.82) is 0 Å². The number of nitrogens with one attached hydrogen (secondary N) is 2. The number of rotatable bonds is 6. The van der Waals surface area contributed by atoms with Gasteiger partial charge in [-0.25, -0.2) is 9.97 Å². The number of hydrogen-bond donors (Lipinski definition) is 2. The molecule has 3 aromatic heterocycles. The minimum absolute atomic E-state index is 0.0856. The zero-order chi connectivity index (χ0) is 35.7. The summed E-state index contributed by atoms with van der Waals surface area (Å²) in [5.41, 5.74) is 16.5. The van der Waals surface area contributed by atoms with E-state index in [2.05, 4.69) is 150 Å². The maximum Gasteiger partial charge on any atom is 0.186 e. The summed E-state index contributed by atoms with van der Waals surface area (Å²) in [7, 11) is 0. The van der Waals surface area contributed by atoms with Gasteiger partial charge in [0, 0.05) is 57.0 Å². The molecule has 0 spiro atoms. The fourth-order valence-electron chi connectivity index (χ4n) is 7.28. The third-order valence-electron chi connectivity index (χ3n) is 9.66. The highest BCUT2D eigenvalue weighted by Gasteiger charge is 2.20. The molecule has 53 heavy (non-hydrogen) atoms. The van der Waals surface area contributed by atoms with Crippen molar-refractivity contribution in [2.24, 2.45) is 0 Å². The summed E-state index contributed by atoms with van der Waals surface area (Å²) < 4.78 is 0. The average Bonchev–Trinajstić information content (AvgIpc) is 4.04. The van der Waals surface area contributed by atoms with Gasteiger partial charge in [0.15, 0.2) is 5.12 Å². The first-order valence-electron chi connectivity index (χ1n) is 17.6. The van der Waals surface area contributed by atoms with Crippen molar-refractivity contribution >= 4 is 63.2 Å². The first-order chi connectivity index (χ1) is 26.1. The Balaban J connectivity index is 1.46. The van der Waals surface area contributed by atoms with Crippen LogP contribution >= 0.6 is 11.8 Å². The Bertz CT molecular complexity index is 2710. The fraction of sp³-hybridized carbons (Fsp3) is 0.0426. The van der Waals surface area contributed by atoms with Gasteiger partial charge in [0.05, 0.1) is 22.8 Å². The van der Waals surface area contributed by atoms with E-state index < -0.39 is 0 Å². The van der Waals surface area contributed by atoms with Crippen LogP contribution in [0.5, 0.6) is 0 Å². The van der Waals surface area contributed by atoms with Gasteiger partial charge in [0.2, 0.25) is 0 Å². The third-order valence-corrected chi connectivity index (χ3v) is 10.5. The van der Waals surface area contributed by atoms with Gasteiger partial charge >= 0.3 is 0 Å². The molecule has 0 saturated carbocycles. The normalized spacial score (nSPS) is 11.9. The molecular weight excluding hydrogens is 669 g/mol. The summed E-state index contributed by atoms with van der Waals surface area (Å²) in [6.45, 7) is 1.62. The van der Waals surface area contributed by atoms with Crippen LogP contribution in [0, 0.1) is 0 Å². The smallest absolute Gasteiger partial charge is 0.186 e. The maximum absolute atomic E-state index is 12.1. The molecule has 6 heteroatoms. The molecule has 0 amide bonds. The molecule has 0 atom stereocenters. The topological polar surface area (TPSA) is 74.4 Å². The van der Waals surface area contributed by atoms with Crippen molar-refractivity contribution in [2.45, 2.75) is 12.7 Å². The number of aromatic amines is 2. The second-order valence-electron chi connectivity index (χ2n) is 13.0. The summed E-state index contributed by atoms with van der Waals surface area (Å²) in [5, 5.41) is 0.0856. The predicted octanol–water partition coefficient (Wildman–Crippen LogP) is 12.1. The maximum atomic E-state index is 12.1. The van der Waals surface area contributed by atoms with Crippen LogP contribution in [-0.2, 0) is 10.5 Å². The lowest BCUT2D eigenvalue weighted by Crippen LogP contribution is -1.93. The van der Waals surface area contributed by atoms with Crippen molar-refractivity contribution in [1.82, 2.24) is 19.9 Å². The Morgan fingerprint density at radius 3 is 1.25 bits per heavy atom. The van der Waals surface area contributed by atoms with E-state index in [9.17, 15) is 4.79 Å². The molecular formula is C47H34N4OS. The molecule has 2 N–H and O–H groups in total. The van der Waals surface area contributed by atoms with E-state index in [-0.39, 0.29) is 5.12 Å². The Labute approximate surface area is 311 Å². The summed E-state index contributed by atoms with van der Waals surface area (Å²) in [6, 6.07) is 48.2. The number of carbonyl (C=O) groups is 1. The average molecular weight is 703 g/mol. The van der Waals surface area contributed by atoms with Gasteiger partial charge in [0.1, 0.15) is 0 Å². The highest BCUT2D eigenvalue weighted by Crippen LogP contribution is 2.39. The van der Waals surface area contributed by atoms with Crippen molar-refractivity contribution in [2.75, 3.05) is 0 Å². The molecule has 254 valence electrons. The van der Waals surface area contributed by atoms with Crippen LogP contribution in [0.2, 0.25) is 0 Å². The van der Waals surface area contributed by atoms with Gasteiger partial charge < -0.3 is 9.97 Å². The van der Waals surface area contributed by atoms with E-state index in [0.29, 0.717) is 5.75 Å². The van der Waals surface area contributed by atoms with Crippen LogP contribution in [0.4, 0.5) is 0 Å². The monoisotopic (exact) mass is 702 g/mol. The minimum Gasteiger partial charge on any atom is -0.354 e. The molecule has 7 aromatic rings. The Morgan fingerprint density at radius 1 is 0.472 bits per heavy atom. The SMILES string of the molecule is CC(=O)SCc1ccccc1-c1c2nc(c(-c3ccccc3)c3ccc([nH]3)c(-c3ccccc3)c3nc(c(-c4ccccc4)c4ccc1[nH]4)C=C3)C=C2. The number of aromatic nitrogens is 4. The lowest BCUT2D eigenvalue weighted by Gasteiger charge is -2.11. The fourth-order valence-corrected chi connectivity index (χ4v) is 7.89. The second kappa shape index (κ2) is 13.9. The summed E-state index contributed by atoms with van der Waals surface area (Å²) in [6.07, 6.45) is 8.46. The van der Waals surface area contributed by atoms with Crippen LogP contribution in [0.1, 0.15) is 35.3 Å². The number of nitrogens with zero attached hydrogens (tertiary/aromatic N) is 2. The number of thioether (sulfide) groups is 1. The van der Waals surface area contributed by atoms with E-state index >= 15 is 0 Å². The van der Waals surface area contributed by atoms with E-state index in [1.165, 1.54) is 11.8 Å². The van der Waals surface area contributed by atoms with Gasteiger partial charge in [-0.1, -0.05) is 127 Å². The van der Waals surface area contributed by atoms with E-state index in [1.54, 1.807) is 6.92 Å². The number of fused-ring (bicyclic) bond motifs is 8. The molecule has 0 unspecified atom stereocenters. The second-order valence-corrected chi connectivity index (χ2v) is 14.2. The number of H-pyrrole nitrogens is 2. The molecule has 0 radical (unpaired) electrons. The highest BCUT2D eigenvalue weighted by atomic mass is 32.2. The molecule has 8 bridgehead atoms. The largest absolute Gasteiger partial charge is 0.354 e. The molecule has 4 aromatic carbocycles. The first kappa shape index (κ1) is 32.4.